The van der Waals surface area contributed by atoms with Gasteiger partial charge in [-0.1, -0.05) is 19.8 Å². The fourth-order valence-corrected chi connectivity index (χ4v) is 2.96. The van der Waals surface area contributed by atoms with Crippen LogP contribution in [0.2, 0.25) is 0 Å². The first-order valence-corrected chi connectivity index (χ1v) is 7.00. The van der Waals surface area contributed by atoms with Crippen molar-refractivity contribution in [2.45, 2.75) is 57.7 Å². The highest BCUT2D eigenvalue weighted by Gasteiger charge is 2.36. The van der Waals surface area contributed by atoms with Crippen LogP contribution in [0.25, 0.3) is 0 Å². The maximum absolute atomic E-state index is 6.01. The average molecular weight is 251 g/mol. The van der Waals surface area contributed by atoms with Gasteiger partial charge in [0.15, 0.2) is 0 Å². The molecule has 2 rings (SSSR count). The molecule has 1 aromatic rings. The molecule has 1 aliphatic carbocycles. The monoisotopic (exact) mass is 251 g/mol. The molecular weight excluding hydrogens is 226 g/mol. The van der Waals surface area contributed by atoms with E-state index >= 15 is 0 Å². The Morgan fingerprint density at radius 3 is 2.78 bits per heavy atom. The van der Waals surface area contributed by atoms with Crippen molar-refractivity contribution in [1.82, 2.24) is 19.7 Å². The van der Waals surface area contributed by atoms with Crippen molar-refractivity contribution in [3.63, 3.8) is 0 Å². The third-order valence-corrected chi connectivity index (χ3v) is 4.23. The molecule has 1 aliphatic rings. The molecule has 0 atom stereocenters. The number of likely N-dealkylation sites (N-methyl/N-ethyl adjacent to an activating group) is 1. The van der Waals surface area contributed by atoms with Gasteiger partial charge in [0, 0.05) is 18.6 Å². The second-order valence-corrected chi connectivity index (χ2v) is 5.39. The third kappa shape index (κ3) is 2.57. The summed E-state index contributed by atoms with van der Waals surface area (Å²) in [6.07, 6.45) is 7.75. The predicted octanol–water partition coefficient (Wildman–Crippen LogP) is 1.39. The number of hydrogen-bond acceptors (Lipinski definition) is 4. The zero-order valence-corrected chi connectivity index (χ0v) is 11.6. The summed E-state index contributed by atoms with van der Waals surface area (Å²) in [6, 6.07) is 0. The minimum atomic E-state index is 0.184. The summed E-state index contributed by atoms with van der Waals surface area (Å²) in [5, 5.41) is 4.28. The molecule has 0 aromatic carbocycles. The van der Waals surface area contributed by atoms with Crippen molar-refractivity contribution < 1.29 is 0 Å². The number of nitrogens with two attached hydrogens (primary N) is 1. The van der Waals surface area contributed by atoms with Gasteiger partial charge in [-0.25, -0.2) is 9.67 Å². The fraction of sp³-hybridized carbons (Fsp3) is 0.846. The van der Waals surface area contributed by atoms with Crippen LogP contribution in [-0.4, -0.2) is 38.8 Å². The highest BCUT2D eigenvalue weighted by molar-refractivity contribution is 4.97. The van der Waals surface area contributed by atoms with Crippen molar-refractivity contribution in [2.24, 2.45) is 5.73 Å². The highest BCUT2D eigenvalue weighted by atomic mass is 15.4. The number of rotatable bonds is 6. The predicted molar refractivity (Wildman–Crippen MR) is 72.0 cm³/mol. The Kier molecular flexibility index (Phi) is 4.35. The maximum atomic E-state index is 6.01. The summed E-state index contributed by atoms with van der Waals surface area (Å²) in [5.74, 6) is 1.05. The van der Waals surface area contributed by atoms with Crippen LogP contribution in [0, 0.1) is 0 Å². The van der Waals surface area contributed by atoms with Crippen LogP contribution < -0.4 is 5.73 Å². The molecule has 2 N–H and O–H groups in total. The fourth-order valence-electron chi connectivity index (χ4n) is 2.96. The van der Waals surface area contributed by atoms with Gasteiger partial charge in [-0.05, 0) is 26.3 Å². The van der Waals surface area contributed by atoms with Crippen molar-refractivity contribution >= 4 is 0 Å². The standard InChI is InChI=1S/C13H25N5/c1-3-8-18-12(15-11-16-18)9-17(2)13(10-14)6-4-5-7-13/h11H,3-10,14H2,1-2H3. The molecule has 0 amide bonds. The van der Waals surface area contributed by atoms with Crippen LogP contribution in [0.4, 0.5) is 0 Å². The van der Waals surface area contributed by atoms with Crippen LogP contribution in [0.3, 0.4) is 0 Å². The van der Waals surface area contributed by atoms with Gasteiger partial charge in [0.25, 0.3) is 0 Å². The number of nitrogens with zero attached hydrogens (tertiary/aromatic N) is 4. The van der Waals surface area contributed by atoms with Gasteiger partial charge in [0.1, 0.15) is 12.2 Å². The average Bonchev–Trinajstić information content (AvgIpc) is 3.00. The Bertz CT molecular complexity index is 367. The van der Waals surface area contributed by atoms with E-state index in [-0.39, 0.29) is 5.54 Å². The lowest BCUT2D eigenvalue weighted by Gasteiger charge is -2.37. The van der Waals surface area contributed by atoms with E-state index in [0.29, 0.717) is 0 Å². The van der Waals surface area contributed by atoms with Gasteiger partial charge in [-0.15, -0.1) is 0 Å². The first kappa shape index (κ1) is 13.5. The first-order chi connectivity index (χ1) is 8.72. The summed E-state index contributed by atoms with van der Waals surface area (Å²) in [6.45, 7) is 4.69. The van der Waals surface area contributed by atoms with Crippen LogP contribution in [-0.2, 0) is 13.1 Å². The zero-order valence-electron chi connectivity index (χ0n) is 11.6. The molecule has 1 fully saturated rings. The Morgan fingerprint density at radius 2 is 2.17 bits per heavy atom. The topological polar surface area (TPSA) is 60.0 Å². The second kappa shape index (κ2) is 5.80. The highest BCUT2D eigenvalue weighted by Crippen LogP contribution is 2.34. The molecule has 0 saturated heterocycles. The van der Waals surface area contributed by atoms with Gasteiger partial charge in [0.2, 0.25) is 0 Å². The molecule has 18 heavy (non-hydrogen) atoms. The smallest absolute Gasteiger partial charge is 0.141 e. The summed E-state index contributed by atoms with van der Waals surface area (Å²) >= 11 is 0. The summed E-state index contributed by atoms with van der Waals surface area (Å²) in [5.41, 5.74) is 6.19. The molecule has 0 aliphatic heterocycles. The van der Waals surface area contributed by atoms with E-state index in [1.165, 1.54) is 25.7 Å². The summed E-state index contributed by atoms with van der Waals surface area (Å²) < 4.78 is 2.01. The van der Waals surface area contributed by atoms with E-state index in [0.717, 1.165) is 31.9 Å². The van der Waals surface area contributed by atoms with Crippen molar-refractivity contribution in [2.75, 3.05) is 13.6 Å². The first-order valence-electron chi connectivity index (χ1n) is 7.00. The molecule has 5 nitrogen and oxygen atoms in total. The van der Waals surface area contributed by atoms with Crippen molar-refractivity contribution in [3.8, 4) is 0 Å². The molecule has 1 aromatic heterocycles. The minimum Gasteiger partial charge on any atom is -0.329 e. The van der Waals surface area contributed by atoms with Gasteiger partial charge in [-0.2, -0.15) is 5.10 Å². The minimum absolute atomic E-state index is 0.184. The molecule has 0 bridgehead atoms. The third-order valence-electron chi connectivity index (χ3n) is 4.23. The lowest BCUT2D eigenvalue weighted by Crippen LogP contribution is -2.49. The molecule has 5 heteroatoms. The molecule has 1 heterocycles. The zero-order chi connectivity index (χ0) is 13.0. The summed E-state index contributed by atoms with van der Waals surface area (Å²) in [7, 11) is 2.17. The molecule has 0 unspecified atom stereocenters. The van der Waals surface area contributed by atoms with Gasteiger partial charge in [-0.3, -0.25) is 4.90 Å². The summed E-state index contributed by atoms with van der Waals surface area (Å²) in [4.78, 5) is 6.77. The number of aromatic nitrogens is 3. The van der Waals surface area contributed by atoms with E-state index in [1.807, 2.05) is 4.68 Å². The van der Waals surface area contributed by atoms with Crippen LogP contribution in [0.1, 0.15) is 44.9 Å². The Labute approximate surface area is 109 Å². The van der Waals surface area contributed by atoms with Crippen molar-refractivity contribution in [1.29, 1.82) is 0 Å². The van der Waals surface area contributed by atoms with Crippen LogP contribution in [0.15, 0.2) is 6.33 Å². The lowest BCUT2D eigenvalue weighted by molar-refractivity contribution is 0.118. The molecular formula is C13H25N5. The number of hydrogen-bond donors (Lipinski definition) is 1. The largest absolute Gasteiger partial charge is 0.329 e. The SMILES string of the molecule is CCCn1ncnc1CN(C)C1(CN)CCCC1. The quantitative estimate of drug-likeness (QED) is 0.830. The van der Waals surface area contributed by atoms with Crippen molar-refractivity contribution in [3.05, 3.63) is 12.2 Å². The van der Waals surface area contributed by atoms with Gasteiger partial charge in [0.05, 0.1) is 6.54 Å². The van der Waals surface area contributed by atoms with E-state index in [4.69, 9.17) is 5.73 Å². The molecule has 0 radical (unpaired) electrons. The lowest BCUT2D eigenvalue weighted by atomic mass is 9.96. The molecule has 1 saturated carbocycles. The number of aryl methyl sites for hydroxylation is 1. The van der Waals surface area contributed by atoms with Crippen LogP contribution >= 0.6 is 0 Å². The normalized spacial score (nSPS) is 18.7. The Morgan fingerprint density at radius 1 is 1.44 bits per heavy atom. The second-order valence-electron chi connectivity index (χ2n) is 5.39. The van der Waals surface area contributed by atoms with Gasteiger partial charge >= 0.3 is 0 Å². The van der Waals surface area contributed by atoms with E-state index in [9.17, 15) is 0 Å². The molecule has 102 valence electrons. The van der Waals surface area contributed by atoms with E-state index in [1.54, 1.807) is 6.33 Å². The molecule has 0 spiro atoms. The maximum Gasteiger partial charge on any atom is 0.141 e. The van der Waals surface area contributed by atoms with E-state index < -0.39 is 0 Å². The van der Waals surface area contributed by atoms with Crippen LogP contribution in [0.5, 0.6) is 0 Å². The van der Waals surface area contributed by atoms with Gasteiger partial charge < -0.3 is 5.73 Å². The van der Waals surface area contributed by atoms with E-state index in [2.05, 4.69) is 29.0 Å². The Balaban J connectivity index is 2.05. The Hall–Kier alpha value is -0.940.